The van der Waals surface area contributed by atoms with Gasteiger partial charge in [-0.3, -0.25) is 4.79 Å². The molecule has 0 saturated carbocycles. The molecule has 0 aliphatic rings. The molecule has 1 heterocycles. The second kappa shape index (κ2) is 10.8. The van der Waals surface area contributed by atoms with Crippen molar-refractivity contribution in [1.29, 1.82) is 0 Å². The molecular weight excluding hydrogens is 386 g/mol. The Bertz CT molecular complexity index is 946. The summed E-state index contributed by atoms with van der Waals surface area (Å²) in [6.07, 6.45) is 0. The number of rotatable bonds is 11. The largest absolute Gasteiger partial charge is 0.490 e. The molecule has 0 fully saturated rings. The van der Waals surface area contributed by atoms with E-state index in [1.165, 1.54) is 0 Å². The van der Waals surface area contributed by atoms with Crippen LogP contribution in [0.25, 0.3) is 0 Å². The summed E-state index contributed by atoms with van der Waals surface area (Å²) < 4.78 is 16.1. The van der Waals surface area contributed by atoms with Gasteiger partial charge < -0.3 is 25.8 Å². The summed E-state index contributed by atoms with van der Waals surface area (Å²) in [6, 6.07) is 15.8. The minimum absolute atomic E-state index is 0.0116. The van der Waals surface area contributed by atoms with Crippen molar-refractivity contribution >= 4 is 11.7 Å². The van der Waals surface area contributed by atoms with Crippen molar-refractivity contribution in [3.63, 3.8) is 0 Å². The van der Waals surface area contributed by atoms with Crippen molar-refractivity contribution in [2.24, 2.45) is 0 Å². The van der Waals surface area contributed by atoms with Gasteiger partial charge in [0.2, 0.25) is 11.5 Å². The Morgan fingerprint density at radius 3 is 2.60 bits per heavy atom. The molecule has 0 unspecified atom stereocenters. The van der Waals surface area contributed by atoms with E-state index < -0.39 is 5.91 Å². The fraction of sp³-hybridized carbons (Fsp3) is 0.286. The first-order valence-electron chi connectivity index (χ1n) is 9.66. The van der Waals surface area contributed by atoms with Gasteiger partial charge in [-0.2, -0.15) is 0 Å². The van der Waals surface area contributed by atoms with Crippen LogP contribution in [-0.2, 0) is 13.2 Å². The molecular formula is C21H25N5O4. The Morgan fingerprint density at radius 1 is 1.03 bits per heavy atom. The van der Waals surface area contributed by atoms with Gasteiger partial charge in [0.05, 0.1) is 6.61 Å². The quantitative estimate of drug-likeness (QED) is 0.410. The summed E-state index contributed by atoms with van der Waals surface area (Å²) in [5, 5.41) is 12.8. The molecule has 3 aromatic rings. The monoisotopic (exact) mass is 411 g/mol. The molecule has 9 nitrogen and oxygen atoms in total. The molecule has 3 rings (SSSR count). The van der Waals surface area contributed by atoms with Gasteiger partial charge in [0.15, 0.2) is 11.5 Å². The maximum Gasteiger partial charge on any atom is 0.277 e. The van der Waals surface area contributed by atoms with Crippen LogP contribution in [0.1, 0.15) is 28.5 Å². The van der Waals surface area contributed by atoms with E-state index in [2.05, 4.69) is 25.6 Å². The minimum Gasteiger partial charge on any atom is -0.490 e. The number of anilines is 1. The van der Waals surface area contributed by atoms with Crippen molar-refractivity contribution in [3.05, 3.63) is 65.4 Å². The average molecular weight is 411 g/mol. The fourth-order valence-electron chi connectivity index (χ4n) is 2.72. The van der Waals surface area contributed by atoms with Crippen molar-refractivity contribution in [2.45, 2.75) is 20.1 Å². The van der Waals surface area contributed by atoms with Gasteiger partial charge in [-0.05, 0) is 40.5 Å². The average Bonchev–Trinajstić information content (AvgIpc) is 3.20. The van der Waals surface area contributed by atoms with Gasteiger partial charge in [-0.25, -0.2) is 4.63 Å². The standard InChI is InChI=1S/C21H25N5O4/c1-2-28-18-12-16(8-9-17(18)29-14-15-6-4-3-5-7-15)13-23-10-11-24-21(27)19-20(22)26-30-25-19/h3-9,12,23H,2,10-11,13-14H2,1H3,(H2,22,26)(H,24,27). The molecule has 4 N–H and O–H groups in total. The first-order valence-corrected chi connectivity index (χ1v) is 9.66. The van der Waals surface area contributed by atoms with Crippen LogP contribution in [0.2, 0.25) is 0 Å². The zero-order valence-corrected chi connectivity index (χ0v) is 16.8. The molecule has 0 radical (unpaired) electrons. The number of aromatic nitrogens is 2. The molecule has 2 aromatic carbocycles. The van der Waals surface area contributed by atoms with Crippen molar-refractivity contribution < 1.29 is 18.9 Å². The second-order valence-corrected chi connectivity index (χ2v) is 6.42. The smallest absolute Gasteiger partial charge is 0.277 e. The number of amides is 1. The van der Waals surface area contributed by atoms with Crippen LogP contribution in [-0.4, -0.2) is 35.9 Å². The summed E-state index contributed by atoms with van der Waals surface area (Å²) in [4.78, 5) is 11.9. The number of nitrogen functional groups attached to an aromatic ring is 1. The Balaban J connectivity index is 1.47. The molecule has 0 aliphatic carbocycles. The molecule has 0 bridgehead atoms. The lowest BCUT2D eigenvalue weighted by atomic mass is 10.2. The number of nitrogens with two attached hydrogens (primary N) is 1. The Labute approximate surface area is 174 Å². The maximum atomic E-state index is 11.9. The molecule has 0 spiro atoms. The Kier molecular flexibility index (Phi) is 7.62. The van der Waals surface area contributed by atoms with E-state index in [-0.39, 0.29) is 11.5 Å². The van der Waals surface area contributed by atoms with E-state index in [1.54, 1.807) is 0 Å². The number of benzene rings is 2. The predicted octanol–water partition coefficient (Wildman–Crippen LogP) is 2.15. The summed E-state index contributed by atoms with van der Waals surface area (Å²) in [5.74, 6) is 0.957. The highest BCUT2D eigenvalue weighted by Gasteiger charge is 2.14. The Hall–Kier alpha value is -3.59. The number of ether oxygens (including phenoxy) is 2. The van der Waals surface area contributed by atoms with Crippen LogP contribution in [0.15, 0.2) is 53.2 Å². The summed E-state index contributed by atoms with van der Waals surface area (Å²) in [7, 11) is 0. The van der Waals surface area contributed by atoms with E-state index in [1.807, 2.05) is 55.5 Å². The van der Waals surface area contributed by atoms with Gasteiger partial charge in [0.1, 0.15) is 6.61 Å². The zero-order valence-electron chi connectivity index (χ0n) is 16.8. The highest BCUT2D eigenvalue weighted by Crippen LogP contribution is 2.29. The highest BCUT2D eigenvalue weighted by atomic mass is 16.6. The van der Waals surface area contributed by atoms with Crippen molar-refractivity contribution in [2.75, 3.05) is 25.4 Å². The van der Waals surface area contributed by atoms with Gasteiger partial charge in [-0.15, -0.1) is 0 Å². The van der Waals surface area contributed by atoms with Gasteiger partial charge in [0, 0.05) is 19.6 Å². The van der Waals surface area contributed by atoms with E-state index in [4.69, 9.17) is 15.2 Å². The molecule has 1 amide bonds. The Morgan fingerprint density at radius 2 is 1.87 bits per heavy atom. The number of carbonyl (C=O) groups excluding carboxylic acids is 1. The highest BCUT2D eigenvalue weighted by molar-refractivity contribution is 5.95. The number of carbonyl (C=O) groups is 1. The van der Waals surface area contributed by atoms with Crippen LogP contribution < -0.4 is 25.8 Å². The predicted molar refractivity (Wildman–Crippen MR) is 111 cm³/mol. The van der Waals surface area contributed by atoms with Crippen molar-refractivity contribution in [3.8, 4) is 11.5 Å². The van der Waals surface area contributed by atoms with Gasteiger partial charge >= 0.3 is 0 Å². The van der Waals surface area contributed by atoms with Crippen LogP contribution in [0.5, 0.6) is 11.5 Å². The third-order valence-corrected chi connectivity index (χ3v) is 4.19. The number of hydrogen-bond acceptors (Lipinski definition) is 8. The summed E-state index contributed by atoms with van der Waals surface area (Å²) >= 11 is 0. The van der Waals surface area contributed by atoms with E-state index in [0.29, 0.717) is 44.3 Å². The zero-order chi connectivity index (χ0) is 21.2. The minimum atomic E-state index is -0.422. The van der Waals surface area contributed by atoms with Crippen LogP contribution in [0.3, 0.4) is 0 Å². The lowest BCUT2D eigenvalue weighted by Gasteiger charge is -2.14. The lowest BCUT2D eigenvalue weighted by molar-refractivity contribution is 0.0944. The fourth-order valence-corrected chi connectivity index (χ4v) is 2.72. The molecule has 158 valence electrons. The molecule has 0 atom stereocenters. The number of nitrogens with zero attached hydrogens (tertiary/aromatic N) is 2. The van der Waals surface area contributed by atoms with E-state index in [9.17, 15) is 4.79 Å². The normalized spacial score (nSPS) is 10.6. The van der Waals surface area contributed by atoms with E-state index in [0.717, 1.165) is 11.1 Å². The molecule has 0 aliphatic heterocycles. The number of hydrogen-bond donors (Lipinski definition) is 3. The second-order valence-electron chi connectivity index (χ2n) is 6.42. The van der Waals surface area contributed by atoms with Crippen LogP contribution >= 0.6 is 0 Å². The number of nitrogens with one attached hydrogen (secondary N) is 2. The summed E-state index contributed by atoms with van der Waals surface area (Å²) in [5.41, 5.74) is 7.61. The lowest BCUT2D eigenvalue weighted by Crippen LogP contribution is -2.32. The maximum absolute atomic E-state index is 11.9. The van der Waals surface area contributed by atoms with Crippen LogP contribution in [0, 0.1) is 0 Å². The first kappa shape index (κ1) is 21.1. The summed E-state index contributed by atoms with van der Waals surface area (Å²) in [6.45, 7) is 4.54. The van der Waals surface area contributed by atoms with Crippen molar-refractivity contribution in [1.82, 2.24) is 20.9 Å². The van der Waals surface area contributed by atoms with Gasteiger partial charge in [0.25, 0.3) is 5.91 Å². The van der Waals surface area contributed by atoms with E-state index >= 15 is 0 Å². The van der Waals surface area contributed by atoms with Gasteiger partial charge in [-0.1, -0.05) is 36.4 Å². The molecule has 0 saturated heterocycles. The molecule has 30 heavy (non-hydrogen) atoms. The molecule has 9 heteroatoms. The topological polar surface area (TPSA) is 125 Å². The first-order chi connectivity index (χ1) is 14.7. The van der Waals surface area contributed by atoms with Crippen LogP contribution in [0.4, 0.5) is 5.82 Å². The third kappa shape index (κ3) is 5.95. The molecule has 1 aromatic heterocycles. The third-order valence-electron chi connectivity index (χ3n) is 4.19. The SMILES string of the molecule is CCOc1cc(CNCCNC(=O)c2nonc2N)ccc1OCc1ccccc1.